The van der Waals surface area contributed by atoms with E-state index < -0.39 is 5.97 Å². The fraction of sp³-hybridized carbons (Fsp3) is 0.846. The lowest BCUT2D eigenvalue weighted by atomic mass is 9.98. The molecule has 0 aromatic carbocycles. The number of aliphatic hydroxyl groups is 1. The first-order valence-corrected chi connectivity index (χ1v) is 6.92. The molecule has 6 nitrogen and oxygen atoms in total. The van der Waals surface area contributed by atoms with Crippen LogP contribution in [0.1, 0.15) is 32.6 Å². The standard InChI is InChI=1S/C13H24N2O4/c1-2-10(7-12(17)18)8-14-13(19)15-5-3-11(9-16)4-6-15/h10-11,16H,2-9H2,1H3,(H,14,19)(H,17,18). The van der Waals surface area contributed by atoms with Crippen molar-refractivity contribution >= 4 is 12.0 Å². The van der Waals surface area contributed by atoms with E-state index in [9.17, 15) is 9.59 Å². The van der Waals surface area contributed by atoms with Gasteiger partial charge in [0.15, 0.2) is 0 Å². The third-order valence-corrected chi connectivity index (χ3v) is 3.74. The molecule has 0 saturated carbocycles. The lowest BCUT2D eigenvalue weighted by Crippen LogP contribution is -2.46. The number of carboxylic acid groups (broad SMARTS) is 1. The minimum atomic E-state index is -0.829. The van der Waals surface area contributed by atoms with Gasteiger partial charge in [0.1, 0.15) is 0 Å². The van der Waals surface area contributed by atoms with Crippen molar-refractivity contribution in [2.24, 2.45) is 11.8 Å². The molecule has 110 valence electrons. The zero-order chi connectivity index (χ0) is 14.3. The number of hydrogen-bond acceptors (Lipinski definition) is 3. The number of piperidine rings is 1. The van der Waals surface area contributed by atoms with Crippen LogP contribution in [0.15, 0.2) is 0 Å². The third kappa shape index (κ3) is 5.46. The van der Waals surface area contributed by atoms with Gasteiger partial charge in [0, 0.05) is 32.7 Å². The average Bonchev–Trinajstić information content (AvgIpc) is 2.42. The van der Waals surface area contributed by atoms with E-state index in [2.05, 4.69) is 5.32 Å². The van der Waals surface area contributed by atoms with E-state index in [1.54, 1.807) is 4.90 Å². The summed E-state index contributed by atoms with van der Waals surface area (Å²) in [6.07, 6.45) is 2.48. The molecule has 1 fully saturated rings. The topological polar surface area (TPSA) is 89.9 Å². The number of carbonyl (C=O) groups excluding carboxylic acids is 1. The molecule has 0 aromatic rings. The molecule has 1 aliphatic heterocycles. The Hall–Kier alpha value is -1.30. The molecular weight excluding hydrogens is 248 g/mol. The maximum absolute atomic E-state index is 11.9. The zero-order valence-electron chi connectivity index (χ0n) is 11.5. The third-order valence-electron chi connectivity index (χ3n) is 3.74. The summed E-state index contributed by atoms with van der Waals surface area (Å²) in [7, 11) is 0. The second-order valence-electron chi connectivity index (χ2n) is 5.17. The summed E-state index contributed by atoms with van der Waals surface area (Å²) in [4.78, 5) is 24.3. The van der Waals surface area contributed by atoms with Crippen molar-refractivity contribution in [3.63, 3.8) is 0 Å². The van der Waals surface area contributed by atoms with Gasteiger partial charge in [0.2, 0.25) is 0 Å². The van der Waals surface area contributed by atoms with Gasteiger partial charge in [-0.1, -0.05) is 13.3 Å². The van der Waals surface area contributed by atoms with Crippen LogP contribution in [0.3, 0.4) is 0 Å². The van der Waals surface area contributed by atoms with Crippen molar-refractivity contribution < 1.29 is 19.8 Å². The first kappa shape index (κ1) is 15.8. The second-order valence-corrected chi connectivity index (χ2v) is 5.17. The highest BCUT2D eigenvalue weighted by Crippen LogP contribution is 2.16. The molecule has 1 saturated heterocycles. The Morgan fingerprint density at radius 3 is 2.47 bits per heavy atom. The van der Waals surface area contributed by atoms with Crippen LogP contribution in [0.25, 0.3) is 0 Å². The minimum Gasteiger partial charge on any atom is -0.481 e. The van der Waals surface area contributed by atoms with Gasteiger partial charge in [-0.3, -0.25) is 4.79 Å². The van der Waals surface area contributed by atoms with Crippen LogP contribution in [0, 0.1) is 11.8 Å². The molecule has 1 unspecified atom stereocenters. The van der Waals surface area contributed by atoms with E-state index in [0.717, 1.165) is 19.3 Å². The van der Waals surface area contributed by atoms with Crippen LogP contribution in [0.4, 0.5) is 4.79 Å². The van der Waals surface area contributed by atoms with Gasteiger partial charge >= 0.3 is 12.0 Å². The average molecular weight is 272 g/mol. The fourth-order valence-electron chi connectivity index (χ4n) is 2.27. The van der Waals surface area contributed by atoms with Crippen molar-refractivity contribution in [3.05, 3.63) is 0 Å². The van der Waals surface area contributed by atoms with Crippen molar-refractivity contribution in [1.29, 1.82) is 0 Å². The van der Waals surface area contributed by atoms with Crippen LogP contribution in [0.2, 0.25) is 0 Å². The normalized spacial score (nSPS) is 18.1. The number of aliphatic carboxylic acids is 1. The summed E-state index contributed by atoms with van der Waals surface area (Å²) >= 11 is 0. The lowest BCUT2D eigenvalue weighted by molar-refractivity contribution is -0.138. The molecule has 0 aromatic heterocycles. The van der Waals surface area contributed by atoms with Gasteiger partial charge in [0.25, 0.3) is 0 Å². The van der Waals surface area contributed by atoms with Gasteiger partial charge in [-0.25, -0.2) is 4.79 Å². The fourth-order valence-corrected chi connectivity index (χ4v) is 2.27. The van der Waals surface area contributed by atoms with E-state index in [4.69, 9.17) is 10.2 Å². The SMILES string of the molecule is CCC(CNC(=O)N1CCC(CO)CC1)CC(=O)O. The number of carbonyl (C=O) groups is 2. The van der Waals surface area contributed by atoms with E-state index in [1.165, 1.54) is 0 Å². The van der Waals surface area contributed by atoms with Crippen LogP contribution < -0.4 is 5.32 Å². The Morgan fingerprint density at radius 2 is 2.00 bits per heavy atom. The molecule has 0 spiro atoms. The number of likely N-dealkylation sites (tertiary alicyclic amines) is 1. The molecule has 1 heterocycles. The van der Waals surface area contributed by atoms with Crippen molar-refractivity contribution in [1.82, 2.24) is 10.2 Å². The minimum absolute atomic E-state index is 0.0172. The first-order chi connectivity index (χ1) is 9.06. The van der Waals surface area contributed by atoms with E-state index in [1.807, 2.05) is 6.92 Å². The van der Waals surface area contributed by atoms with Gasteiger partial charge in [-0.15, -0.1) is 0 Å². The summed E-state index contributed by atoms with van der Waals surface area (Å²) in [6.45, 7) is 3.83. The largest absolute Gasteiger partial charge is 0.481 e. The van der Waals surface area contributed by atoms with Crippen LogP contribution in [0.5, 0.6) is 0 Å². The second kappa shape index (κ2) is 7.99. The molecule has 6 heteroatoms. The molecule has 19 heavy (non-hydrogen) atoms. The van der Waals surface area contributed by atoms with E-state index in [-0.39, 0.29) is 25.0 Å². The molecule has 2 amide bonds. The smallest absolute Gasteiger partial charge is 0.317 e. The predicted octanol–water partition coefficient (Wildman–Crippen LogP) is 0.901. The molecular formula is C13H24N2O4. The van der Waals surface area contributed by atoms with Crippen LogP contribution in [-0.2, 0) is 4.79 Å². The molecule has 1 atom stereocenters. The van der Waals surface area contributed by atoms with Crippen molar-refractivity contribution in [3.8, 4) is 0 Å². The highest BCUT2D eigenvalue weighted by Gasteiger charge is 2.22. The lowest BCUT2D eigenvalue weighted by Gasteiger charge is -2.31. The van der Waals surface area contributed by atoms with Gasteiger partial charge in [-0.2, -0.15) is 0 Å². The molecule has 3 N–H and O–H groups in total. The summed E-state index contributed by atoms with van der Waals surface area (Å²) in [5.41, 5.74) is 0. The number of rotatable bonds is 6. The zero-order valence-corrected chi connectivity index (χ0v) is 11.5. The summed E-state index contributed by atoms with van der Waals surface area (Å²) < 4.78 is 0. The maximum atomic E-state index is 11.9. The number of amides is 2. The van der Waals surface area contributed by atoms with Gasteiger partial charge < -0.3 is 20.4 Å². The number of carboxylic acids is 1. The van der Waals surface area contributed by atoms with Crippen molar-refractivity contribution in [2.45, 2.75) is 32.6 Å². The Bertz CT molecular complexity index is 301. The van der Waals surface area contributed by atoms with Crippen LogP contribution >= 0.6 is 0 Å². The summed E-state index contributed by atoms with van der Waals surface area (Å²) in [6, 6.07) is -0.125. The predicted molar refractivity (Wildman–Crippen MR) is 70.8 cm³/mol. The Morgan fingerprint density at radius 1 is 1.37 bits per heavy atom. The maximum Gasteiger partial charge on any atom is 0.317 e. The molecule has 0 aliphatic carbocycles. The highest BCUT2D eigenvalue weighted by atomic mass is 16.4. The van der Waals surface area contributed by atoms with E-state index >= 15 is 0 Å². The number of nitrogens with one attached hydrogen (secondary N) is 1. The monoisotopic (exact) mass is 272 g/mol. The Balaban J connectivity index is 2.29. The van der Waals surface area contributed by atoms with E-state index in [0.29, 0.717) is 25.6 Å². The number of nitrogens with zero attached hydrogens (tertiary/aromatic N) is 1. The Labute approximate surface area is 113 Å². The quantitative estimate of drug-likeness (QED) is 0.670. The first-order valence-electron chi connectivity index (χ1n) is 6.92. The van der Waals surface area contributed by atoms with Gasteiger partial charge in [-0.05, 0) is 24.7 Å². The van der Waals surface area contributed by atoms with Crippen molar-refractivity contribution in [2.75, 3.05) is 26.2 Å². The Kier molecular flexibility index (Phi) is 6.62. The summed E-state index contributed by atoms with van der Waals surface area (Å²) in [5.74, 6) is -0.541. The molecule has 0 bridgehead atoms. The number of aliphatic hydroxyl groups excluding tert-OH is 1. The van der Waals surface area contributed by atoms with Crippen LogP contribution in [-0.4, -0.2) is 53.4 Å². The molecule has 0 radical (unpaired) electrons. The highest BCUT2D eigenvalue weighted by molar-refractivity contribution is 5.74. The molecule has 1 aliphatic rings. The summed E-state index contributed by atoms with van der Waals surface area (Å²) in [5, 5.41) is 20.6. The number of urea groups is 1. The van der Waals surface area contributed by atoms with Gasteiger partial charge in [0.05, 0.1) is 0 Å². The molecule has 1 rings (SSSR count). The number of hydrogen-bond donors (Lipinski definition) is 3.